The minimum atomic E-state index is 0.631. The lowest BCUT2D eigenvalue weighted by atomic mass is 10.0. The van der Waals surface area contributed by atoms with Crippen molar-refractivity contribution in [3.05, 3.63) is 224 Å². The maximum Gasteiger partial charge on any atom is 0.235 e. The van der Waals surface area contributed by atoms with Crippen molar-refractivity contribution in [2.24, 2.45) is 0 Å². The Balaban J connectivity index is 1.09. The summed E-state index contributed by atoms with van der Waals surface area (Å²) in [5, 5.41) is 7.21. The zero-order valence-electron chi connectivity index (χ0n) is 34.1. The maximum atomic E-state index is 5.32. The fraction of sp³-hybridized carbons (Fsp3) is 0. The molecule has 0 bridgehead atoms. The summed E-state index contributed by atoms with van der Waals surface area (Å²) in [4.78, 5) is 10.6. The van der Waals surface area contributed by atoms with Crippen LogP contribution in [0.4, 0.5) is 0 Å². The lowest BCUT2D eigenvalue weighted by molar-refractivity contribution is 0.995. The number of hydrogen-bond donors (Lipinski definition) is 0. The van der Waals surface area contributed by atoms with Crippen LogP contribution in [-0.2, 0) is 0 Å². The van der Waals surface area contributed by atoms with Crippen molar-refractivity contribution in [1.82, 2.24) is 23.7 Å². The van der Waals surface area contributed by atoms with Gasteiger partial charge in [-0.1, -0.05) is 164 Å². The SMILES string of the molecule is c1ccc(-c2cccc(-n3c4ccccc4c4c5c6ccccc6n(-c6cccc7c6c6ccccc6n7-c6nc(-c7ccccc7)cc(-c7ccccc7)n6)c5ccc43)c2)cc1. The molecule has 9 aromatic carbocycles. The second kappa shape index (κ2) is 14.0. The topological polar surface area (TPSA) is 40.6 Å². The zero-order chi connectivity index (χ0) is 41.4. The number of fused-ring (bicyclic) bond motifs is 10. The van der Waals surface area contributed by atoms with E-state index in [-0.39, 0.29) is 0 Å². The molecule has 13 rings (SSSR count). The first-order chi connectivity index (χ1) is 31.3. The van der Waals surface area contributed by atoms with E-state index in [2.05, 4.69) is 226 Å². The van der Waals surface area contributed by atoms with Crippen LogP contribution in [0.3, 0.4) is 0 Å². The largest absolute Gasteiger partial charge is 0.309 e. The molecule has 0 saturated heterocycles. The standard InChI is InChI=1S/C58H37N5/c1-4-18-38(19-5-1)41-24-16-25-42(36-41)61-48-29-13-11-27-44(48)56-53(61)34-35-54-57(56)45-28-12-14-30-49(45)62(54)51-32-17-33-52-55(51)43-26-10-15-31-50(43)63(52)58-59-46(39-20-6-2-7-21-39)37-47(60-58)40-22-8-3-9-23-40/h1-37H. The van der Waals surface area contributed by atoms with Gasteiger partial charge in [-0.25, -0.2) is 9.97 Å². The smallest absolute Gasteiger partial charge is 0.235 e. The Morgan fingerprint density at radius 3 is 1.30 bits per heavy atom. The first-order valence-electron chi connectivity index (χ1n) is 21.4. The van der Waals surface area contributed by atoms with Crippen molar-refractivity contribution in [3.8, 4) is 51.0 Å². The molecule has 0 amide bonds. The lowest BCUT2D eigenvalue weighted by Gasteiger charge is -2.13. The van der Waals surface area contributed by atoms with Gasteiger partial charge in [-0.05, 0) is 71.8 Å². The van der Waals surface area contributed by atoms with Crippen LogP contribution in [0.25, 0.3) is 116 Å². The van der Waals surface area contributed by atoms with E-state index in [1.54, 1.807) is 0 Å². The molecule has 0 aliphatic rings. The summed E-state index contributed by atoms with van der Waals surface area (Å²) in [5.74, 6) is 0.631. The fourth-order valence-corrected chi connectivity index (χ4v) is 9.96. The summed E-state index contributed by atoms with van der Waals surface area (Å²) in [6.45, 7) is 0. The van der Waals surface area contributed by atoms with Crippen LogP contribution in [0, 0.1) is 0 Å². The molecule has 0 saturated carbocycles. The molecule has 0 atom stereocenters. The van der Waals surface area contributed by atoms with Crippen LogP contribution < -0.4 is 0 Å². The number of para-hydroxylation sites is 3. The highest BCUT2D eigenvalue weighted by atomic mass is 15.2. The van der Waals surface area contributed by atoms with Gasteiger partial charge in [-0.2, -0.15) is 0 Å². The van der Waals surface area contributed by atoms with Gasteiger partial charge in [0.1, 0.15) is 0 Å². The number of aromatic nitrogens is 5. The van der Waals surface area contributed by atoms with Crippen molar-refractivity contribution in [2.75, 3.05) is 0 Å². The average Bonchev–Trinajstić information content (AvgIpc) is 4.00. The first-order valence-corrected chi connectivity index (χ1v) is 21.4. The number of nitrogens with zero attached hydrogens (tertiary/aromatic N) is 5. The normalized spacial score (nSPS) is 11.8. The molecule has 5 heteroatoms. The molecule has 0 fully saturated rings. The van der Waals surface area contributed by atoms with E-state index >= 15 is 0 Å². The Hall–Kier alpha value is -8.54. The number of rotatable bonds is 6. The Labute approximate surface area is 363 Å². The summed E-state index contributed by atoms with van der Waals surface area (Å²) in [6, 6.07) is 80.1. The molecule has 0 radical (unpaired) electrons. The number of benzene rings is 9. The van der Waals surface area contributed by atoms with Crippen LogP contribution >= 0.6 is 0 Å². The fourth-order valence-electron chi connectivity index (χ4n) is 9.96. The predicted molar refractivity (Wildman–Crippen MR) is 261 cm³/mol. The van der Waals surface area contributed by atoms with E-state index in [0.717, 1.165) is 66.7 Å². The van der Waals surface area contributed by atoms with Crippen LogP contribution in [0.2, 0.25) is 0 Å². The predicted octanol–water partition coefficient (Wildman–Crippen LogP) is 14.8. The highest BCUT2D eigenvalue weighted by molar-refractivity contribution is 6.29. The third kappa shape index (κ3) is 5.43. The van der Waals surface area contributed by atoms with E-state index in [1.165, 1.54) is 43.7 Å². The van der Waals surface area contributed by atoms with Gasteiger partial charge in [0.2, 0.25) is 5.95 Å². The third-order valence-corrected chi connectivity index (χ3v) is 12.7. The van der Waals surface area contributed by atoms with Crippen LogP contribution in [0.5, 0.6) is 0 Å². The van der Waals surface area contributed by atoms with Crippen molar-refractivity contribution >= 4 is 65.4 Å². The Bertz CT molecular complexity index is 3840. The zero-order valence-corrected chi connectivity index (χ0v) is 34.1. The minimum absolute atomic E-state index is 0.631. The summed E-state index contributed by atoms with van der Waals surface area (Å²) in [7, 11) is 0. The van der Waals surface area contributed by atoms with E-state index < -0.39 is 0 Å². The molecular formula is C58H37N5. The van der Waals surface area contributed by atoms with Crippen molar-refractivity contribution in [3.63, 3.8) is 0 Å². The molecule has 4 aromatic heterocycles. The first kappa shape index (κ1) is 35.2. The van der Waals surface area contributed by atoms with Gasteiger partial charge in [0.15, 0.2) is 0 Å². The summed E-state index contributed by atoms with van der Waals surface area (Å²) in [6.07, 6.45) is 0. The van der Waals surface area contributed by atoms with Gasteiger partial charge < -0.3 is 9.13 Å². The summed E-state index contributed by atoms with van der Waals surface area (Å²) in [5.41, 5.74) is 15.2. The molecule has 0 spiro atoms. The quantitative estimate of drug-likeness (QED) is 0.168. The summed E-state index contributed by atoms with van der Waals surface area (Å²) >= 11 is 0. The van der Waals surface area contributed by atoms with E-state index in [9.17, 15) is 0 Å². The van der Waals surface area contributed by atoms with Gasteiger partial charge in [-0.3, -0.25) is 4.57 Å². The molecule has 5 nitrogen and oxygen atoms in total. The molecule has 4 heterocycles. The second-order valence-corrected chi connectivity index (χ2v) is 16.2. The third-order valence-electron chi connectivity index (χ3n) is 12.7. The highest BCUT2D eigenvalue weighted by Gasteiger charge is 2.24. The van der Waals surface area contributed by atoms with E-state index in [1.807, 2.05) is 12.1 Å². The minimum Gasteiger partial charge on any atom is -0.309 e. The molecule has 63 heavy (non-hydrogen) atoms. The van der Waals surface area contributed by atoms with Gasteiger partial charge in [0.25, 0.3) is 0 Å². The molecule has 0 aliphatic heterocycles. The molecule has 0 aliphatic carbocycles. The van der Waals surface area contributed by atoms with Crippen LogP contribution in [0.15, 0.2) is 224 Å². The maximum absolute atomic E-state index is 5.32. The molecule has 0 unspecified atom stereocenters. The Morgan fingerprint density at radius 2 is 0.698 bits per heavy atom. The molecular weight excluding hydrogens is 767 g/mol. The Kier molecular flexibility index (Phi) is 7.84. The Morgan fingerprint density at radius 1 is 0.270 bits per heavy atom. The van der Waals surface area contributed by atoms with Crippen molar-refractivity contribution in [2.45, 2.75) is 0 Å². The van der Waals surface area contributed by atoms with Crippen molar-refractivity contribution in [1.29, 1.82) is 0 Å². The molecule has 13 aromatic rings. The van der Waals surface area contributed by atoms with Gasteiger partial charge in [0.05, 0.1) is 50.2 Å². The highest BCUT2D eigenvalue weighted by Crippen LogP contribution is 2.45. The second-order valence-electron chi connectivity index (χ2n) is 16.2. The number of hydrogen-bond acceptors (Lipinski definition) is 2. The van der Waals surface area contributed by atoms with Crippen molar-refractivity contribution < 1.29 is 0 Å². The van der Waals surface area contributed by atoms with Gasteiger partial charge in [0, 0.05) is 49.1 Å². The monoisotopic (exact) mass is 803 g/mol. The average molecular weight is 804 g/mol. The molecule has 294 valence electrons. The summed E-state index contributed by atoms with van der Waals surface area (Å²) < 4.78 is 7.16. The van der Waals surface area contributed by atoms with Gasteiger partial charge in [-0.15, -0.1) is 0 Å². The van der Waals surface area contributed by atoms with Gasteiger partial charge >= 0.3 is 0 Å². The lowest BCUT2D eigenvalue weighted by Crippen LogP contribution is -2.04. The van der Waals surface area contributed by atoms with E-state index in [0.29, 0.717) is 5.95 Å². The van der Waals surface area contributed by atoms with Crippen LogP contribution in [0.1, 0.15) is 0 Å². The molecule has 0 N–H and O–H groups in total. The van der Waals surface area contributed by atoms with Crippen LogP contribution in [-0.4, -0.2) is 23.7 Å². The van der Waals surface area contributed by atoms with E-state index in [4.69, 9.17) is 9.97 Å².